The van der Waals surface area contributed by atoms with Gasteiger partial charge in [-0.25, -0.2) is 15.0 Å². The first-order chi connectivity index (χ1) is 14.6. The fraction of sp³-hybridized carbons (Fsp3) is 0.250. The summed E-state index contributed by atoms with van der Waals surface area (Å²) >= 11 is 0. The van der Waals surface area contributed by atoms with Crippen molar-refractivity contribution in [1.82, 2.24) is 19.9 Å². The number of nitrogens with zero attached hydrogens (tertiary/aromatic N) is 4. The van der Waals surface area contributed by atoms with Crippen LogP contribution in [0.25, 0.3) is 32.9 Å². The summed E-state index contributed by atoms with van der Waals surface area (Å²) in [6.07, 6.45) is 5.77. The molecule has 4 aromatic rings. The number of rotatable bonds is 5. The minimum atomic E-state index is -0.00111. The molecule has 0 unspecified atom stereocenters. The van der Waals surface area contributed by atoms with Gasteiger partial charge in [-0.1, -0.05) is 24.3 Å². The van der Waals surface area contributed by atoms with Crippen LogP contribution in [0.15, 0.2) is 53.9 Å². The maximum Gasteiger partial charge on any atom is 0.252 e. The van der Waals surface area contributed by atoms with E-state index in [9.17, 15) is 4.79 Å². The van der Waals surface area contributed by atoms with Gasteiger partial charge >= 0.3 is 0 Å². The second-order valence-corrected chi connectivity index (χ2v) is 8.09. The van der Waals surface area contributed by atoms with Gasteiger partial charge in [0.1, 0.15) is 12.0 Å². The normalized spacial score (nSPS) is 13.8. The van der Waals surface area contributed by atoms with Gasteiger partial charge in [0.05, 0.1) is 5.39 Å². The highest BCUT2D eigenvalue weighted by Crippen LogP contribution is 2.37. The number of carbonyl (C=O) groups is 1. The average Bonchev–Trinajstić information content (AvgIpc) is 3.48. The van der Waals surface area contributed by atoms with Crippen LogP contribution in [0.2, 0.25) is 0 Å². The van der Waals surface area contributed by atoms with Crippen LogP contribution in [0, 0.1) is 0 Å². The Kier molecular flexibility index (Phi) is 4.35. The number of nitrogens with one attached hydrogen (secondary N) is 1. The Morgan fingerprint density at radius 1 is 1.23 bits per heavy atom. The van der Waals surface area contributed by atoms with Crippen LogP contribution in [0.3, 0.4) is 0 Å². The lowest BCUT2D eigenvalue weighted by molar-refractivity contribution is 0.0952. The van der Waals surface area contributed by atoms with Crippen LogP contribution in [0.4, 0.5) is 5.82 Å². The lowest BCUT2D eigenvalue weighted by Gasteiger charge is -2.09. The monoisotopic (exact) mass is 397 g/mol. The van der Waals surface area contributed by atoms with Gasteiger partial charge in [0, 0.05) is 29.4 Å². The zero-order chi connectivity index (χ0) is 20.8. The number of hydrogen-bond donors (Lipinski definition) is 1. The van der Waals surface area contributed by atoms with E-state index in [0.29, 0.717) is 17.4 Å². The topological polar surface area (TPSA) is 72.2 Å². The fourth-order valence-corrected chi connectivity index (χ4v) is 3.94. The smallest absolute Gasteiger partial charge is 0.252 e. The highest BCUT2D eigenvalue weighted by Gasteiger charge is 2.24. The zero-order valence-electron chi connectivity index (χ0n) is 17.1. The summed E-state index contributed by atoms with van der Waals surface area (Å²) in [7, 11) is 0. The molecule has 0 spiro atoms. The molecule has 2 aromatic heterocycles. The van der Waals surface area contributed by atoms with Gasteiger partial charge in [-0.15, -0.1) is 0 Å². The molecule has 1 N–H and O–H groups in total. The molecule has 0 radical (unpaired) electrons. The SMILES string of the molecule is C=Nc1ncnc2c1c(-c1ccc3c(C(=O)NC4CC4)cccc3c1)cn2C(C)C. The molecule has 2 heterocycles. The Bertz CT molecular complexity index is 1300. The number of carbonyl (C=O) groups excluding carboxylic acids is 1. The summed E-state index contributed by atoms with van der Waals surface area (Å²) in [5.74, 6) is 0.575. The van der Waals surface area contributed by atoms with E-state index < -0.39 is 0 Å². The first-order valence-electron chi connectivity index (χ1n) is 10.2. The third-order valence-electron chi connectivity index (χ3n) is 5.64. The molecule has 0 atom stereocenters. The third-order valence-corrected chi connectivity index (χ3v) is 5.64. The molecule has 0 bridgehead atoms. The molecule has 1 amide bonds. The third kappa shape index (κ3) is 3.05. The Morgan fingerprint density at radius 3 is 2.80 bits per heavy atom. The lowest BCUT2D eigenvalue weighted by atomic mass is 9.98. The molecule has 1 fully saturated rings. The van der Waals surface area contributed by atoms with Crippen LogP contribution in [-0.4, -0.2) is 33.2 Å². The van der Waals surface area contributed by atoms with Crippen molar-refractivity contribution >= 4 is 40.2 Å². The van der Waals surface area contributed by atoms with Gasteiger partial charge in [-0.05, 0) is 61.9 Å². The number of benzene rings is 2. The van der Waals surface area contributed by atoms with E-state index in [1.54, 1.807) is 0 Å². The highest BCUT2D eigenvalue weighted by atomic mass is 16.1. The van der Waals surface area contributed by atoms with E-state index in [0.717, 1.165) is 45.8 Å². The zero-order valence-corrected chi connectivity index (χ0v) is 17.1. The average molecular weight is 397 g/mol. The van der Waals surface area contributed by atoms with Crippen LogP contribution in [-0.2, 0) is 0 Å². The Labute approximate surface area is 174 Å². The Hall–Kier alpha value is -3.54. The molecule has 0 saturated heterocycles. The molecule has 1 saturated carbocycles. The standard InChI is InChI=1S/C24H23N5O/c1-14(2)29-12-20(21-22(25-3)26-13-27-23(21)29)16-7-10-18-15(11-16)5-4-6-19(18)24(30)28-17-8-9-17/h4-7,10-14,17H,3,8-9H2,1-2H3,(H,28,30). The molecule has 6 heteroatoms. The van der Waals surface area contributed by atoms with Crippen LogP contribution >= 0.6 is 0 Å². The number of hydrogen-bond acceptors (Lipinski definition) is 4. The number of amides is 1. The predicted octanol–water partition coefficient (Wildman–Crippen LogP) is 5.06. The van der Waals surface area contributed by atoms with Crippen molar-refractivity contribution < 1.29 is 4.79 Å². The van der Waals surface area contributed by atoms with Gasteiger partial charge in [-0.2, -0.15) is 0 Å². The van der Waals surface area contributed by atoms with Crippen molar-refractivity contribution in [3.8, 4) is 11.1 Å². The maximum absolute atomic E-state index is 12.7. The molecule has 0 aliphatic heterocycles. The van der Waals surface area contributed by atoms with Crippen LogP contribution in [0.5, 0.6) is 0 Å². The summed E-state index contributed by atoms with van der Waals surface area (Å²) in [6.45, 7) is 7.93. The van der Waals surface area contributed by atoms with Crippen molar-refractivity contribution in [1.29, 1.82) is 0 Å². The van der Waals surface area contributed by atoms with Gasteiger partial charge in [0.25, 0.3) is 5.91 Å². The van der Waals surface area contributed by atoms with Gasteiger partial charge < -0.3 is 9.88 Å². The fourth-order valence-electron chi connectivity index (χ4n) is 3.94. The van der Waals surface area contributed by atoms with E-state index in [-0.39, 0.29) is 11.9 Å². The first kappa shape index (κ1) is 18.5. The van der Waals surface area contributed by atoms with E-state index >= 15 is 0 Å². The van der Waals surface area contributed by atoms with Crippen molar-refractivity contribution in [2.75, 3.05) is 0 Å². The first-order valence-corrected chi connectivity index (χ1v) is 10.2. The number of aromatic nitrogens is 3. The number of aliphatic imine (C=N–C) groups is 1. The van der Waals surface area contributed by atoms with Gasteiger partial charge in [0.2, 0.25) is 0 Å². The molecule has 1 aliphatic carbocycles. The second-order valence-electron chi connectivity index (χ2n) is 8.09. The van der Waals surface area contributed by atoms with E-state index in [4.69, 9.17) is 0 Å². The lowest BCUT2D eigenvalue weighted by Crippen LogP contribution is -2.25. The second kappa shape index (κ2) is 7.06. The minimum absolute atomic E-state index is 0.00111. The molecule has 150 valence electrons. The molecule has 30 heavy (non-hydrogen) atoms. The van der Waals surface area contributed by atoms with Gasteiger partial charge in [-0.3, -0.25) is 4.79 Å². The minimum Gasteiger partial charge on any atom is -0.349 e. The molecule has 6 nitrogen and oxygen atoms in total. The molecule has 5 rings (SSSR count). The summed E-state index contributed by atoms with van der Waals surface area (Å²) in [5.41, 5.74) is 3.60. The quantitative estimate of drug-likeness (QED) is 0.479. The summed E-state index contributed by atoms with van der Waals surface area (Å²) in [4.78, 5) is 25.6. The molecular weight excluding hydrogens is 374 g/mol. The molecular formula is C24H23N5O. The van der Waals surface area contributed by atoms with Crippen molar-refractivity contribution in [2.45, 2.75) is 38.8 Å². The van der Waals surface area contributed by atoms with Gasteiger partial charge in [0.15, 0.2) is 5.82 Å². The van der Waals surface area contributed by atoms with Crippen molar-refractivity contribution in [3.05, 3.63) is 54.5 Å². The molecule has 2 aromatic carbocycles. The predicted molar refractivity (Wildman–Crippen MR) is 121 cm³/mol. The van der Waals surface area contributed by atoms with Crippen LogP contribution < -0.4 is 5.32 Å². The number of fused-ring (bicyclic) bond motifs is 2. The Balaban J connectivity index is 1.67. The summed E-state index contributed by atoms with van der Waals surface area (Å²) < 4.78 is 2.13. The maximum atomic E-state index is 12.7. The van der Waals surface area contributed by atoms with E-state index in [2.05, 4.69) is 63.7 Å². The van der Waals surface area contributed by atoms with Crippen LogP contribution in [0.1, 0.15) is 43.1 Å². The highest BCUT2D eigenvalue weighted by molar-refractivity contribution is 6.09. The Morgan fingerprint density at radius 2 is 2.07 bits per heavy atom. The van der Waals surface area contributed by atoms with Crippen molar-refractivity contribution in [3.63, 3.8) is 0 Å². The largest absolute Gasteiger partial charge is 0.349 e. The van der Waals surface area contributed by atoms with E-state index in [1.807, 2.05) is 24.3 Å². The van der Waals surface area contributed by atoms with E-state index in [1.165, 1.54) is 6.33 Å². The van der Waals surface area contributed by atoms with Crippen molar-refractivity contribution in [2.24, 2.45) is 4.99 Å². The molecule has 1 aliphatic rings. The summed E-state index contributed by atoms with van der Waals surface area (Å²) in [5, 5.41) is 5.95. The summed E-state index contributed by atoms with van der Waals surface area (Å²) in [6, 6.07) is 12.6.